The van der Waals surface area contributed by atoms with Crippen molar-refractivity contribution in [1.82, 2.24) is 9.97 Å². The minimum absolute atomic E-state index is 0.0211. The molecule has 8 heteroatoms. The Balaban J connectivity index is 3.25. The van der Waals surface area contributed by atoms with Crippen molar-refractivity contribution in [2.75, 3.05) is 14.2 Å². The molecule has 0 radical (unpaired) electrons. The lowest BCUT2D eigenvalue weighted by Crippen LogP contribution is -2.22. The summed E-state index contributed by atoms with van der Waals surface area (Å²) in [6, 6.07) is 0. The van der Waals surface area contributed by atoms with Crippen molar-refractivity contribution in [3.63, 3.8) is 0 Å². The maximum absolute atomic E-state index is 11.8. The lowest BCUT2D eigenvalue weighted by atomic mass is 10.1. The topological polar surface area (TPSA) is 95.3 Å². The molecule has 1 heterocycles. The fraction of sp³-hybridized carbons (Fsp3) is 0.417. The molecule has 0 saturated heterocycles. The predicted octanol–water partition coefficient (Wildman–Crippen LogP) is 0.831. The molecule has 1 rings (SSSR count). The van der Waals surface area contributed by atoms with Gasteiger partial charge in [0, 0.05) is 6.21 Å². The highest BCUT2D eigenvalue weighted by molar-refractivity contribution is 6.43. The molecule has 0 saturated carbocycles. The van der Waals surface area contributed by atoms with Gasteiger partial charge in [-0.3, -0.25) is 0 Å². The van der Waals surface area contributed by atoms with Gasteiger partial charge < -0.3 is 14.4 Å². The zero-order chi connectivity index (χ0) is 15.0. The van der Waals surface area contributed by atoms with E-state index in [1.54, 1.807) is 13.8 Å². The Kier molecular flexibility index (Phi) is 6.08. The third-order valence-electron chi connectivity index (χ3n) is 2.29. The highest BCUT2D eigenvalue weighted by atomic mass is 16.6. The number of ether oxygens (including phenoxy) is 1. The molecular formula is C12H16N4O4. The molecule has 0 fully saturated rings. The van der Waals surface area contributed by atoms with Crippen molar-refractivity contribution in [2.24, 2.45) is 10.3 Å². The molecule has 0 aliphatic carbocycles. The smallest absolute Gasteiger partial charge is 0.360 e. The van der Waals surface area contributed by atoms with Crippen LogP contribution in [-0.2, 0) is 25.8 Å². The summed E-state index contributed by atoms with van der Waals surface area (Å²) in [4.78, 5) is 29.6. The number of aryl methyl sites for hydroxylation is 1. The molecule has 0 unspecified atom stereocenters. The molecule has 20 heavy (non-hydrogen) atoms. The molecule has 0 N–H and O–H groups in total. The van der Waals surface area contributed by atoms with E-state index in [0.29, 0.717) is 17.0 Å². The Labute approximate surface area is 116 Å². The first-order chi connectivity index (χ1) is 9.65. The lowest BCUT2D eigenvalue weighted by molar-refractivity contribution is -0.132. The van der Waals surface area contributed by atoms with Gasteiger partial charge in [0.25, 0.3) is 0 Å². The first kappa shape index (κ1) is 15.5. The zero-order valence-corrected chi connectivity index (χ0v) is 11.8. The standard InChI is InChI=1S/C12H16N4O4/c1-5-15-20-6-9-10(8(2)13-7-14-9)11(16-19-4)12(17)18-3/h5,7H,6H2,1-4H3/b15-5?,16-11+. The Morgan fingerprint density at radius 3 is 2.75 bits per heavy atom. The van der Waals surface area contributed by atoms with Crippen LogP contribution in [0.3, 0.4) is 0 Å². The molecule has 0 atom stereocenters. The SMILES string of the molecule is CC=NOCc1ncnc(C)c1/C(=N\OC)C(=O)OC. The molecule has 0 aromatic carbocycles. The van der Waals surface area contributed by atoms with E-state index >= 15 is 0 Å². The van der Waals surface area contributed by atoms with Crippen LogP contribution in [0.4, 0.5) is 0 Å². The number of carbonyl (C=O) groups is 1. The van der Waals surface area contributed by atoms with E-state index in [-0.39, 0.29) is 12.3 Å². The molecule has 0 bridgehead atoms. The predicted molar refractivity (Wildman–Crippen MR) is 71.3 cm³/mol. The Morgan fingerprint density at radius 2 is 2.15 bits per heavy atom. The number of nitrogens with zero attached hydrogens (tertiary/aromatic N) is 4. The van der Waals surface area contributed by atoms with Crippen molar-refractivity contribution in [2.45, 2.75) is 20.5 Å². The highest BCUT2D eigenvalue weighted by Crippen LogP contribution is 2.13. The van der Waals surface area contributed by atoms with Crippen LogP contribution in [0.5, 0.6) is 0 Å². The van der Waals surface area contributed by atoms with E-state index in [1.165, 1.54) is 26.8 Å². The molecule has 1 aromatic rings. The number of carbonyl (C=O) groups excluding carboxylic acids is 1. The van der Waals surface area contributed by atoms with Gasteiger partial charge in [-0.15, -0.1) is 0 Å². The summed E-state index contributed by atoms with van der Waals surface area (Å²) >= 11 is 0. The summed E-state index contributed by atoms with van der Waals surface area (Å²) in [5.74, 6) is -0.648. The van der Waals surface area contributed by atoms with Gasteiger partial charge in [-0.1, -0.05) is 10.3 Å². The fourth-order valence-electron chi connectivity index (χ4n) is 1.49. The Hall–Kier alpha value is -2.51. The summed E-state index contributed by atoms with van der Waals surface area (Å²) in [6.45, 7) is 3.51. The minimum atomic E-state index is -0.648. The van der Waals surface area contributed by atoms with Crippen LogP contribution < -0.4 is 0 Å². The third kappa shape index (κ3) is 3.74. The van der Waals surface area contributed by atoms with E-state index in [0.717, 1.165) is 0 Å². The number of esters is 1. The van der Waals surface area contributed by atoms with E-state index in [2.05, 4.69) is 29.9 Å². The molecule has 8 nitrogen and oxygen atoms in total. The van der Waals surface area contributed by atoms with Crippen LogP contribution in [0.1, 0.15) is 23.9 Å². The second kappa shape index (κ2) is 7.82. The molecule has 0 aliphatic rings. The Morgan fingerprint density at radius 1 is 1.40 bits per heavy atom. The number of hydrogen-bond donors (Lipinski definition) is 0. The van der Waals surface area contributed by atoms with E-state index in [4.69, 9.17) is 4.84 Å². The quantitative estimate of drug-likeness (QED) is 0.435. The van der Waals surface area contributed by atoms with Crippen molar-refractivity contribution in [3.05, 3.63) is 23.3 Å². The number of rotatable bonds is 6. The van der Waals surface area contributed by atoms with E-state index in [9.17, 15) is 4.79 Å². The maximum atomic E-state index is 11.8. The number of methoxy groups -OCH3 is 1. The van der Waals surface area contributed by atoms with Crippen molar-refractivity contribution in [3.8, 4) is 0 Å². The van der Waals surface area contributed by atoms with Gasteiger partial charge in [-0.05, 0) is 13.8 Å². The highest BCUT2D eigenvalue weighted by Gasteiger charge is 2.23. The van der Waals surface area contributed by atoms with Gasteiger partial charge in [0.15, 0.2) is 12.3 Å². The van der Waals surface area contributed by atoms with Gasteiger partial charge >= 0.3 is 5.97 Å². The summed E-state index contributed by atoms with van der Waals surface area (Å²) in [7, 11) is 2.59. The largest absolute Gasteiger partial charge is 0.464 e. The van der Waals surface area contributed by atoms with Gasteiger partial charge in [0.2, 0.25) is 0 Å². The van der Waals surface area contributed by atoms with Gasteiger partial charge in [0.05, 0.1) is 24.1 Å². The van der Waals surface area contributed by atoms with Gasteiger partial charge in [-0.2, -0.15) is 0 Å². The normalized spacial score (nSPS) is 11.5. The Bertz CT molecular complexity index is 528. The molecule has 0 spiro atoms. The summed E-state index contributed by atoms with van der Waals surface area (Å²) in [5, 5.41) is 7.32. The summed E-state index contributed by atoms with van der Waals surface area (Å²) < 4.78 is 4.68. The van der Waals surface area contributed by atoms with Gasteiger partial charge in [0.1, 0.15) is 13.4 Å². The van der Waals surface area contributed by atoms with Crippen LogP contribution in [-0.4, -0.2) is 42.1 Å². The monoisotopic (exact) mass is 280 g/mol. The van der Waals surface area contributed by atoms with Crippen LogP contribution in [0.25, 0.3) is 0 Å². The van der Waals surface area contributed by atoms with Crippen molar-refractivity contribution in [1.29, 1.82) is 0 Å². The molecular weight excluding hydrogens is 264 g/mol. The number of hydrogen-bond acceptors (Lipinski definition) is 8. The van der Waals surface area contributed by atoms with Crippen LogP contribution in [0.2, 0.25) is 0 Å². The van der Waals surface area contributed by atoms with Gasteiger partial charge in [-0.25, -0.2) is 14.8 Å². The maximum Gasteiger partial charge on any atom is 0.360 e. The summed E-state index contributed by atoms with van der Waals surface area (Å²) in [6.07, 6.45) is 2.87. The second-order valence-corrected chi connectivity index (χ2v) is 3.53. The van der Waals surface area contributed by atoms with E-state index in [1.807, 2.05) is 0 Å². The number of aromatic nitrogens is 2. The summed E-state index contributed by atoms with van der Waals surface area (Å²) in [5.41, 5.74) is 1.41. The molecule has 0 amide bonds. The molecule has 0 aliphatic heterocycles. The second-order valence-electron chi connectivity index (χ2n) is 3.53. The van der Waals surface area contributed by atoms with E-state index < -0.39 is 5.97 Å². The average molecular weight is 280 g/mol. The fourth-order valence-corrected chi connectivity index (χ4v) is 1.49. The minimum Gasteiger partial charge on any atom is -0.464 e. The average Bonchev–Trinajstić information content (AvgIpc) is 2.45. The zero-order valence-electron chi connectivity index (χ0n) is 11.8. The van der Waals surface area contributed by atoms with Crippen molar-refractivity contribution < 1.29 is 19.2 Å². The third-order valence-corrected chi connectivity index (χ3v) is 2.29. The lowest BCUT2D eigenvalue weighted by Gasteiger charge is -2.10. The number of oxime groups is 2. The van der Waals surface area contributed by atoms with Crippen LogP contribution in [0.15, 0.2) is 16.6 Å². The molecule has 1 aromatic heterocycles. The first-order valence-electron chi connectivity index (χ1n) is 5.75. The first-order valence-corrected chi connectivity index (χ1v) is 5.75. The van der Waals surface area contributed by atoms with Crippen LogP contribution in [0, 0.1) is 6.92 Å². The van der Waals surface area contributed by atoms with Crippen LogP contribution >= 0.6 is 0 Å². The van der Waals surface area contributed by atoms with Crippen molar-refractivity contribution >= 4 is 17.9 Å². The molecule has 108 valence electrons.